The van der Waals surface area contributed by atoms with Crippen LogP contribution in [0.5, 0.6) is 0 Å². The summed E-state index contributed by atoms with van der Waals surface area (Å²) in [6, 6.07) is 2.91. The van der Waals surface area contributed by atoms with Crippen molar-refractivity contribution < 1.29 is 18.0 Å². The summed E-state index contributed by atoms with van der Waals surface area (Å²) in [6.07, 6.45) is -4.48. The number of halogens is 5. The minimum atomic E-state index is -4.48. The topological polar surface area (TPSA) is 29.1 Å². The van der Waals surface area contributed by atoms with E-state index in [1.54, 1.807) is 6.92 Å². The third-order valence-corrected chi connectivity index (χ3v) is 2.93. The molecule has 1 unspecified atom stereocenters. The lowest BCUT2D eigenvalue weighted by Gasteiger charge is -2.11. The van der Waals surface area contributed by atoms with Crippen LogP contribution in [0.15, 0.2) is 22.7 Å². The zero-order valence-corrected chi connectivity index (χ0v) is 11.7. The van der Waals surface area contributed by atoms with Crippen molar-refractivity contribution in [3.05, 3.63) is 33.8 Å². The van der Waals surface area contributed by atoms with Crippen LogP contribution in [-0.2, 0) is 6.18 Å². The van der Waals surface area contributed by atoms with Gasteiger partial charge in [-0.3, -0.25) is 4.79 Å². The SMILES string of the molecule is CC(Cl)CNC(=O)c1cc(C(F)(F)F)ccc1Br. The van der Waals surface area contributed by atoms with E-state index in [0.717, 1.165) is 12.1 Å². The van der Waals surface area contributed by atoms with Crippen LogP contribution in [-0.4, -0.2) is 17.8 Å². The highest BCUT2D eigenvalue weighted by Crippen LogP contribution is 2.31. The zero-order chi connectivity index (χ0) is 13.9. The predicted molar refractivity (Wildman–Crippen MR) is 66.8 cm³/mol. The summed E-state index contributed by atoms with van der Waals surface area (Å²) in [5.74, 6) is -0.597. The summed E-state index contributed by atoms with van der Waals surface area (Å²) in [6.45, 7) is 1.85. The minimum absolute atomic E-state index is 0.0675. The van der Waals surface area contributed by atoms with Crippen molar-refractivity contribution in [2.45, 2.75) is 18.5 Å². The molecule has 0 aliphatic rings. The summed E-state index contributed by atoms with van der Waals surface area (Å²) in [7, 11) is 0. The molecule has 0 aliphatic carbocycles. The molecule has 0 radical (unpaired) electrons. The highest BCUT2D eigenvalue weighted by Gasteiger charge is 2.31. The molecule has 1 aromatic carbocycles. The van der Waals surface area contributed by atoms with Crippen molar-refractivity contribution in [3.63, 3.8) is 0 Å². The van der Waals surface area contributed by atoms with Crippen LogP contribution >= 0.6 is 27.5 Å². The van der Waals surface area contributed by atoms with E-state index in [-0.39, 0.29) is 17.5 Å². The smallest absolute Gasteiger partial charge is 0.351 e. The average molecular weight is 345 g/mol. The lowest BCUT2D eigenvalue weighted by molar-refractivity contribution is -0.137. The Morgan fingerprint density at radius 1 is 1.50 bits per heavy atom. The summed E-state index contributed by atoms with van der Waals surface area (Å²) in [5.41, 5.74) is -0.933. The van der Waals surface area contributed by atoms with E-state index >= 15 is 0 Å². The Hall–Kier alpha value is -0.750. The van der Waals surface area contributed by atoms with E-state index in [9.17, 15) is 18.0 Å². The second-order valence-electron chi connectivity index (χ2n) is 3.68. The Morgan fingerprint density at radius 2 is 2.11 bits per heavy atom. The fourth-order valence-electron chi connectivity index (χ4n) is 1.20. The normalized spacial score (nSPS) is 13.2. The molecule has 1 rings (SSSR count). The summed E-state index contributed by atoms with van der Waals surface area (Å²) < 4.78 is 37.8. The van der Waals surface area contributed by atoms with Gasteiger partial charge in [0, 0.05) is 16.4 Å². The van der Waals surface area contributed by atoms with E-state index in [4.69, 9.17) is 11.6 Å². The molecule has 100 valence electrons. The van der Waals surface area contributed by atoms with Crippen molar-refractivity contribution in [3.8, 4) is 0 Å². The molecular weight excluding hydrogens is 334 g/mol. The van der Waals surface area contributed by atoms with Gasteiger partial charge in [-0.05, 0) is 41.1 Å². The zero-order valence-electron chi connectivity index (χ0n) is 9.31. The maximum atomic E-state index is 12.5. The van der Waals surface area contributed by atoms with Gasteiger partial charge in [0.1, 0.15) is 0 Å². The first-order valence-corrected chi connectivity index (χ1v) is 6.23. The van der Waals surface area contributed by atoms with Crippen molar-refractivity contribution in [1.29, 1.82) is 0 Å². The summed E-state index contributed by atoms with van der Waals surface area (Å²) in [4.78, 5) is 11.7. The van der Waals surface area contributed by atoms with E-state index < -0.39 is 17.6 Å². The number of hydrogen-bond acceptors (Lipinski definition) is 1. The van der Waals surface area contributed by atoms with E-state index in [1.165, 1.54) is 6.07 Å². The molecule has 0 aromatic heterocycles. The molecular formula is C11H10BrClF3NO. The lowest BCUT2D eigenvalue weighted by atomic mass is 10.1. The largest absolute Gasteiger partial charge is 0.416 e. The second kappa shape index (κ2) is 5.93. The van der Waals surface area contributed by atoms with Gasteiger partial charge in [0.25, 0.3) is 5.91 Å². The van der Waals surface area contributed by atoms with E-state index in [0.29, 0.717) is 4.47 Å². The molecule has 2 nitrogen and oxygen atoms in total. The molecule has 18 heavy (non-hydrogen) atoms. The van der Waals surface area contributed by atoms with Gasteiger partial charge >= 0.3 is 6.18 Å². The third-order valence-electron chi connectivity index (χ3n) is 2.08. The molecule has 1 amide bonds. The highest BCUT2D eigenvalue weighted by atomic mass is 79.9. The molecule has 1 N–H and O–H groups in total. The van der Waals surface area contributed by atoms with Crippen molar-refractivity contribution in [1.82, 2.24) is 5.32 Å². The van der Waals surface area contributed by atoms with Crippen LogP contribution in [0.3, 0.4) is 0 Å². The van der Waals surface area contributed by atoms with Gasteiger partial charge in [-0.2, -0.15) is 13.2 Å². The van der Waals surface area contributed by atoms with Gasteiger partial charge < -0.3 is 5.32 Å². The maximum absolute atomic E-state index is 12.5. The van der Waals surface area contributed by atoms with Gasteiger partial charge in [0.2, 0.25) is 0 Å². The first-order valence-electron chi connectivity index (χ1n) is 5.01. The number of carbonyl (C=O) groups excluding carboxylic acids is 1. The number of amides is 1. The molecule has 0 saturated heterocycles. The van der Waals surface area contributed by atoms with Gasteiger partial charge in [0.05, 0.1) is 11.1 Å². The molecule has 1 aromatic rings. The maximum Gasteiger partial charge on any atom is 0.416 e. The van der Waals surface area contributed by atoms with Crippen molar-refractivity contribution >= 4 is 33.4 Å². The van der Waals surface area contributed by atoms with Crippen LogP contribution < -0.4 is 5.32 Å². The number of rotatable bonds is 3. The van der Waals surface area contributed by atoms with Gasteiger partial charge in [-0.25, -0.2) is 0 Å². The Labute approximate surface area is 116 Å². The van der Waals surface area contributed by atoms with Crippen molar-refractivity contribution in [2.24, 2.45) is 0 Å². The van der Waals surface area contributed by atoms with E-state index in [2.05, 4.69) is 21.2 Å². The molecule has 0 fully saturated rings. The molecule has 0 heterocycles. The van der Waals surface area contributed by atoms with Crippen molar-refractivity contribution in [2.75, 3.05) is 6.54 Å². The van der Waals surface area contributed by atoms with E-state index in [1.807, 2.05) is 0 Å². The Bertz CT molecular complexity index is 448. The molecule has 0 saturated carbocycles. The number of carbonyl (C=O) groups is 1. The number of benzene rings is 1. The van der Waals surface area contributed by atoms with Crippen LogP contribution in [0.4, 0.5) is 13.2 Å². The predicted octanol–water partition coefficient (Wildman–Crippen LogP) is 3.83. The first-order chi connectivity index (χ1) is 8.21. The monoisotopic (exact) mass is 343 g/mol. The Kier molecular flexibility index (Phi) is 5.04. The first kappa shape index (κ1) is 15.3. The van der Waals surface area contributed by atoms with Gasteiger partial charge in [-0.15, -0.1) is 11.6 Å². The van der Waals surface area contributed by atoms with Gasteiger partial charge in [-0.1, -0.05) is 0 Å². The minimum Gasteiger partial charge on any atom is -0.351 e. The number of hydrogen-bond donors (Lipinski definition) is 1. The third kappa shape index (κ3) is 4.17. The lowest BCUT2D eigenvalue weighted by Crippen LogP contribution is -2.29. The number of alkyl halides is 4. The van der Waals surface area contributed by atoms with Crippen LogP contribution in [0.1, 0.15) is 22.8 Å². The Morgan fingerprint density at radius 3 is 2.61 bits per heavy atom. The van der Waals surface area contributed by atoms with Crippen LogP contribution in [0, 0.1) is 0 Å². The van der Waals surface area contributed by atoms with Crippen LogP contribution in [0.2, 0.25) is 0 Å². The fraction of sp³-hybridized carbons (Fsp3) is 0.364. The second-order valence-corrected chi connectivity index (χ2v) is 5.28. The molecule has 0 aliphatic heterocycles. The quantitative estimate of drug-likeness (QED) is 0.830. The average Bonchev–Trinajstić information content (AvgIpc) is 2.24. The molecule has 7 heteroatoms. The molecule has 1 atom stereocenters. The standard InChI is InChI=1S/C11H10BrClF3NO/c1-6(13)5-17-10(18)8-4-7(11(14,15)16)2-3-9(8)12/h2-4,6H,5H2,1H3,(H,17,18). The Balaban J connectivity index is 2.97. The summed E-state index contributed by atoms with van der Waals surface area (Å²) >= 11 is 8.69. The fourth-order valence-corrected chi connectivity index (χ4v) is 1.71. The highest BCUT2D eigenvalue weighted by molar-refractivity contribution is 9.10. The van der Waals surface area contributed by atoms with Crippen LogP contribution in [0.25, 0.3) is 0 Å². The molecule has 0 bridgehead atoms. The number of nitrogens with one attached hydrogen (secondary N) is 1. The summed E-state index contributed by atoms with van der Waals surface area (Å²) in [5, 5.41) is 2.16. The van der Waals surface area contributed by atoms with Gasteiger partial charge in [0.15, 0.2) is 0 Å². The molecule has 0 spiro atoms.